The van der Waals surface area contributed by atoms with E-state index < -0.39 is 0 Å². The molecule has 0 spiro atoms. The van der Waals surface area contributed by atoms with Gasteiger partial charge in [0, 0.05) is 28.2 Å². The molecule has 4 heteroatoms. The molecule has 0 aliphatic carbocycles. The smallest absolute Gasteiger partial charge is 0.0992 e. The fraction of sp³-hybridized carbons (Fsp3) is 0.235. The summed E-state index contributed by atoms with van der Waals surface area (Å²) in [5, 5.41) is 3.63. The number of thiophene rings is 1. The van der Waals surface area contributed by atoms with E-state index in [4.69, 9.17) is 0 Å². The van der Waals surface area contributed by atoms with Crippen LogP contribution in [0, 0.1) is 13.8 Å². The Bertz CT molecular complexity index is 728. The summed E-state index contributed by atoms with van der Waals surface area (Å²) >= 11 is 1.85. The van der Waals surface area contributed by atoms with Crippen molar-refractivity contribution < 1.29 is 0 Å². The summed E-state index contributed by atoms with van der Waals surface area (Å²) in [6, 6.07) is 10.9. The summed E-state index contributed by atoms with van der Waals surface area (Å²) in [6.07, 6.45) is 5.59. The van der Waals surface area contributed by atoms with E-state index >= 15 is 0 Å². The first-order chi connectivity index (χ1) is 10.1. The van der Waals surface area contributed by atoms with E-state index in [2.05, 4.69) is 55.3 Å². The van der Waals surface area contributed by atoms with Crippen LogP contribution in [0.2, 0.25) is 0 Å². The van der Waals surface area contributed by atoms with Gasteiger partial charge in [0.25, 0.3) is 0 Å². The molecule has 108 valence electrons. The van der Waals surface area contributed by atoms with E-state index in [1.165, 1.54) is 15.3 Å². The Morgan fingerprint density at radius 1 is 1.24 bits per heavy atom. The fourth-order valence-electron chi connectivity index (χ4n) is 2.61. The molecule has 1 unspecified atom stereocenters. The third-order valence-electron chi connectivity index (χ3n) is 3.60. The highest BCUT2D eigenvalue weighted by atomic mass is 32.1. The Hall–Kier alpha value is -2.07. The molecule has 0 radical (unpaired) electrons. The standard InChI is InChI=1S/C17H19N3S/c1-12-10-15(14(3)21-12)13(2)19-16-6-4-5-7-17(16)20-9-8-18-11-20/h4-11,13,19H,1-3H3. The van der Waals surface area contributed by atoms with Gasteiger partial charge in [-0.05, 0) is 44.5 Å². The molecule has 0 aliphatic rings. The number of benzene rings is 1. The minimum absolute atomic E-state index is 0.277. The molecule has 0 saturated carbocycles. The molecule has 1 atom stereocenters. The Kier molecular flexibility index (Phi) is 3.80. The summed E-state index contributed by atoms with van der Waals surface area (Å²) in [5.41, 5.74) is 3.61. The van der Waals surface area contributed by atoms with Crippen LogP contribution in [0.15, 0.2) is 49.1 Å². The zero-order valence-electron chi connectivity index (χ0n) is 12.5. The lowest BCUT2D eigenvalue weighted by Gasteiger charge is -2.18. The number of aromatic nitrogens is 2. The first-order valence-electron chi connectivity index (χ1n) is 7.06. The Morgan fingerprint density at radius 2 is 2.05 bits per heavy atom. The first-order valence-corrected chi connectivity index (χ1v) is 7.87. The van der Waals surface area contributed by atoms with Crippen LogP contribution in [-0.2, 0) is 0 Å². The number of nitrogens with one attached hydrogen (secondary N) is 1. The minimum atomic E-state index is 0.277. The summed E-state index contributed by atoms with van der Waals surface area (Å²) in [6.45, 7) is 6.56. The fourth-order valence-corrected chi connectivity index (χ4v) is 3.64. The summed E-state index contributed by atoms with van der Waals surface area (Å²) in [7, 11) is 0. The molecule has 0 amide bonds. The predicted octanol–water partition coefficient (Wildman–Crippen LogP) is 4.72. The number of anilines is 1. The normalized spacial score (nSPS) is 12.3. The van der Waals surface area contributed by atoms with Crippen molar-refractivity contribution in [2.75, 3.05) is 5.32 Å². The van der Waals surface area contributed by atoms with Crippen LogP contribution in [0.25, 0.3) is 5.69 Å². The van der Waals surface area contributed by atoms with Gasteiger partial charge in [-0.3, -0.25) is 0 Å². The molecule has 2 aromatic heterocycles. The summed E-state index contributed by atoms with van der Waals surface area (Å²) in [4.78, 5) is 6.87. The van der Waals surface area contributed by atoms with Crippen molar-refractivity contribution in [2.45, 2.75) is 26.8 Å². The molecule has 21 heavy (non-hydrogen) atoms. The molecule has 1 aromatic carbocycles. The number of hydrogen-bond donors (Lipinski definition) is 1. The largest absolute Gasteiger partial charge is 0.377 e. The SMILES string of the molecule is Cc1cc(C(C)Nc2ccccc2-n2ccnc2)c(C)s1. The topological polar surface area (TPSA) is 29.9 Å². The van der Waals surface area contributed by atoms with Crippen LogP contribution in [-0.4, -0.2) is 9.55 Å². The molecule has 3 aromatic rings. The van der Waals surface area contributed by atoms with E-state index in [1.54, 1.807) is 6.20 Å². The molecule has 1 N–H and O–H groups in total. The number of imidazole rings is 1. The Balaban J connectivity index is 1.90. The minimum Gasteiger partial charge on any atom is -0.377 e. The van der Waals surface area contributed by atoms with Gasteiger partial charge in [-0.15, -0.1) is 11.3 Å². The van der Waals surface area contributed by atoms with E-state index in [9.17, 15) is 0 Å². The van der Waals surface area contributed by atoms with Gasteiger partial charge in [-0.2, -0.15) is 0 Å². The van der Waals surface area contributed by atoms with Crippen LogP contribution in [0.1, 0.15) is 28.3 Å². The van der Waals surface area contributed by atoms with Crippen LogP contribution in [0.5, 0.6) is 0 Å². The molecule has 0 fully saturated rings. The average Bonchev–Trinajstić information content (AvgIpc) is 3.09. The summed E-state index contributed by atoms with van der Waals surface area (Å²) < 4.78 is 2.03. The zero-order chi connectivity index (χ0) is 14.8. The molecule has 0 aliphatic heterocycles. The van der Waals surface area contributed by atoms with Gasteiger partial charge in [0.2, 0.25) is 0 Å². The van der Waals surface area contributed by atoms with Gasteiger partial charge < -0.3 is 9.88 Å². The lowest BCUT2D eigenvalue weighted by atomic mass is 10.1. The number of hydrogen-bond acceptors (Lipinski definition) is 3. The van der Waals surface area contributed by atoms with Gasteiger partial charge in [0.1, 0.15) is 0 Å². The maximum Gasteiger partial charge on any atom is 0.0992 e. The van der Waals surface area contributed by atoms with Crippen molar-refractivity contribution in [1.82, 2.24) is 9.55 Å². The van der Waals surface area contributed by atoms with E-state index in [-0.39, 0.29) is 6.04 Å². The molecular weight excluding hydrogens is 278 g/mol. The highest BCUT2D eigenvalue weighted by Gasteiger charge is 2.13. The highest BCUT2D eigenvalue weighted by Crippen LogP contribution is 2.30. The predicted molar refractivity (Wildman–Crippen MR) is 89.4 cm³/mol. The van der Waals surface area contributed by atoms with Gasteiger partial charge in [0.05, 0.1) is 17.7 Å². The molecule has 2 heterocycles. The number of rotatable bonds is 4. The van der Waals surface area contributed by atoms with Crippen LogP contribution >= 0.6 is 11.3 Å². The third-order valence-corrected chi connectivity index (χ3v) is 4.59. The molecule has 0 bridgehead atoms. The van der Waals surface area contributed by atoms with Gasteiger partial charge >= 0.3 is 0 Å². The van der Waals surface area contributed by atoms with Crippen LogP contribution in [0.4, 0.5) is 5.69 Å². The maximum atomic E-state index is 4.13. The first kappa shape index (κ1) is 13.9. The number of para-hydroxylation sites is 2. The van der Waals surface area contributed by atoms with E-state index in [0.29, 0.717) is 0 Å². The zero-order valence-corrected chi connectivity index (χ0v) is 13.3. The van der Waals surface area contributed by atoms with Crippen molar-refractivity contribution >= 4 is 17.0 Å². The molecule has 3 nitrogen and oxygen atoms in total. The quantitative estimate of drug-likeness (QED) is 0.755. The van der Waals surface area contributed by atoms with Crippen molar-refractivity contribution in [3.8, 4) is 5.69 Å². The van der Waals surface area contributed by atoms with Crippen molar-refractivity contribution in [3.63, 3.8) is 0 Å². The second-order valence-corrected chi connectivity index (χ2v) is 6.68. The van der Waals surface area contributed by atoms with Crippen LogP contribution < -0.4 is 5.32 Å². The van der Waals surface area contributed by atoms with Crippen molar-refractivity contribution in [3.05, 3.63) is 64.4 Å². The van der Waals surface area contributed by atoms with Gasteiger partial charge in [0.15, 0.2) is 0 Å². The lowest BCUT2D eigenvalue weighted by Crippen LogP contribution is -2.09. The van der Waals surface area contributed by atoms with Gasteiger partial charge in [-0.25, -0.2) is 4.98 Å². The van der Waals surface area contributed by atoms with Gasteiger partial charge in [-0.1, -0.05) is 12.1 Å². The number of nitrogens with zero attached hydrogens (tertiary/aromatic N) is 2. The van der Waals surface area contributed by atoms with Crippen molar-refractivity contribution in [2.24, 2.45) is 0 Å². The summed E-state index contributed by atoms with van der Waals surface area (Å²) in [5.74, 6) is 0. The van der Waals surface area contributed by atoms with Crippen molar-refractivity contribution in [1.29, 1.82) is 0 Å². The lowest BCUT2D eigenvalue weighted by molar-refractivity contribution is 0.876. The second kappa shape index (κ2) is 5.74. The van der Waals surface area contributed by atoms with Crippen LogP contribution in [0.3, 0.4) is 0 Å². The molecule has 0 saturated heterocycles. The maximum absolute atomic E-state index is 4.13. The molecular formula is C17H19N3S. The number of aryl methyl sites for hydroxylation is 2. The Morgan fingerprint density at radius 3 is 2.71 bits per heavy atom. The third kappa shape index (κ3) is 2.85. The molecule has 3 rings (SSSR count). The highest BCUT2D eigenvalue weighted by molar-refractivity contribution is 7.12. The Labute approximate surface area is 129 Å². The average molecular weight is 297 g/mol. The van der Waals surface area contributed by atoms with E-state index in [1.807, 2.05) is 34.5 Å². The monoisotopic (exact) mass is 297 g/mol. The van der Waals surface area contributed by atoms with E-state index in [0.717, 1.165) is 11.4 Å². The second-order valence-electron chi connectivity index (χ2n) is 5.22.